The van der Waals surface area contributed by atoms with Gasteiger partial charge in [0.2, 0.25) is 5.91 Å². The molecule has 0 unspecified atom stereocenters. The standard InChI is InChI=1S/C18H22N2O5S3/c1-9(2)6-25-15(22)4-12-10(3)19-18(28-12)27-8-11-7-26-14-5-13(21)20(14)16(11)17(23)24/h9,14H,4-8H2,1-3H3,(H,23,24)/t14-/m0/s1. The summed E-state index contributed by atoms with van der Waals surface area (Å²) in [6, 6.07) is 0. The lowest BCUT2D eigenvalue weighted by molar-refractivity contribution is -0.146. The molecule has 0 aromatic carbocycles. The van der Waals surface area contributed by atoms with Crippen LogP contribution in [0.2, 0.25) is 0 Å². The molecule has 3 rings (SSSR count). The number of esters is 1. The Kier molecular flexibility index (Phi) is 6.72. The number of thioether (sulfide) groups is 2. The number of aryl methyl sites for hydroxylation is 1. The molecule has 2 aliphatic heterocycles. The van der Waals surface area contributed by atoms with Gasteiger partial charge in [0.05, 0.1) is 30.5 Å². The van der Waals surface area contributed by atoms with E-state index in [4.69, 9.17) is 4.74 Å². The Labute approximate surface area is 175 Å². The Morgan fingerprint density at radius 3 is 2.82 bits per heavy atom. The van der Waals surface area contributed by atoms with Crippen LogP contribution in [-0.2, 0) is 25.5 Å². The highest BCUT2D eigenvalue weighted by Crippen LogP contribution is 2.41. The zero-order chi connectivity index (χ0) is 20.4. The zero-order valence-corrected chi connectivity index (χ0v) is 18.3. The maximum absolute atomic E-state index is 11.9. The number of carbonyl (C=O) groups is 3. The van der Waals surface area contributed by atoms with Gasteiger partial charge < -0.3 is 9.84 Å². The van der Waals surface area contributed by atoms with Gasteiger partial charge in [-0.25, -0.2) is 9.78 Å². The molecule has 1 fully saturated rings. The minimum Gasteiger partial charge on any atom is -0.477 e. The number of nitrogens with zero attached hydrogens (tertiary/aromatic N) is 2. The minimum absolute atomic E-state index is 0.0436. The molecule has 0 spiro atoms. The molecule has 0 aliphatic carbocycles. The van der Waals surface area contributed by atoms with Gasteiger partial charge in [0.1, 0.15) is 5.70 Å². The normalized spacial score (nSPS) is 18.9. The summed E-state index contributed by atoms with van der Waals surface area (Å²) < 4.78 is 6.01. The van der Waals surface area contributed by atoms with Gasteiger partial charge in [0.25, 0.3) is 0 Å². The summed E-state index contributed by atoms with van der Waals surface area (Å²) in [4.78, 5) is 42.2. The van der Waals surface area contributed by atoms with Crippen molar-refractivity contribution in [2.24, 2.45) is 5.92 Å². The lowest BCUT2D eigenvalue weighted by Crippen LogP contribution is -2.54. The highest BCUT2D eigenvalue weighted by molar-refractivity contribution is 8.01. The molecule has 152 valence electrons. The fourth-order valence-electron chi connectivity index (χ4n) is 2.81. The molecular formula is C18H22N2O5S3. The average Bonchev–Trinajstić information content (AvgIpc) is 2.96. The Morgan fingerprint density at radius 2 is 2.18 bits per heavy atom. The van der Waals surface area contributed by atoms with E-state index in [2.05, 4.69) is 4.98 Å². The Morgan fingerprint density at radius 1 is 1.43 bits per heavy atom. The number of aliphatic carboxylic acids is 1. The number of fused-ring (bicyclic) bond motifs is 1. The van der Waals surface area contributed by atoms with Gasteiger partial charge >= 0.3 is 11.9 Å². The Bertz CT molecular complexity index is 833. The fraction of sp³-hybridized carbons (Fsp3) is 0.556. The first-order valence-corrected chi connectivity index (χ1v) is 11.7. The number of carboxylic acids is 1. The van der Waals surface area contributed by atoms with E-state index in [1.165, 1.54) is 28.0 Å². The zero-order valence-electron chi connectivity index (χ0n) is 15.9. The molecule has 1 saturated heterocycles. The molecule has 1 aromatic heterocycles. The van der Waals surface area contributed by atoms with E-state index in [0.717, 1.165) is 20.5 Å². The molecule has 0 radical (unpaired) electrons. The van der Waals surface area contributed by atoms with Crippen LogP contribution in [0.1, 0.15) is 30.8 Å². The average molecular weight is 443 g/mol. The number of hydrogen-bond acceptors (Lipinski definition) is 8. The monoisotopic (exact) mass is 442 g/mol. The highest BCUT2D eigenvalue weighted by Gasteiger charge is 2.45. The third kappa shape index (κ3) is 4.72. The SMILES string of the molecule is Cc1nc(SCC2=C(C(=O)O)N3C(=O)C[C@@H]3SC2)sc1CC(=O)OCC(C)C. The van der Waals surface area contributed by atoms with Crippen LogP contribution in [0.5, 0.6) is 0 Å². The van der Waals surface area contributed by atoms with Crippen LogP contribution in [0.4, 0.5) is 0 Å². The minimum atomic E-state index is -1.06. The third-order valence-electron chi connectivity index (χ3n) is 4.26. The Hall–Kier alpha value is -1.52. The van der Waals surface area contributed by atoms with Gasteiger partial charge in [-0.15, -0.1) is 23.1 Å². The van der Waals surface area contributed by atoms with Crippen molar-refractivity contribution < 1.29 is 24.2 Å². The molecule has 1 amide bonds. The first kappa shape index (κ1) is 21.2. The maximum Gasteiger partial charge on any atom is 0.352 e. The summed E-state index contributed by atoms with van der Waals surface area (Å²) in [7, 11) is 0. The van der Waals surface area contributed by atoms with Crippen molar-refractivity contribution in [2.75, 3.05) is 18.1 Å². The first-order valence-electron chi connectivity index (χ1n) is 8.90. The highest BCUT2D eigenvalue weighted by atomic mass is 32.2. The van der Waals surface area contributed by atoms with Crippen LogP contribution in [-0.4, -0.2) is 56.3 Å². The third-order valence-corrected chi connectivity index (χ3v) is 7.92. The van der Waals surface area contributed by atoms with Gasteiger partial charge in [0, 0.05) is 16.4 Å². The van der Waals surface area contributed by atoms with Gasteiger partial charge in [-0.3, -0.25) is 14.5 Å². The topological polar surface area (TPSA) is 96.8 Å². The van der Waals surface area contributed by atoms with Gasteiger partial charge in [-0.1, -0.05) is 25.6 Å². The molecular weight excluding hydrogens is 420 g/mol. The summed E-state index contributed by atoms with van der Waals surface area (Å²) in [5.74, 6) is -0.112. The van der Waals surface area contributed by atoms with Gasteiger partial charge in [-0.2, -0.15) is 0 Å². The van der Waals surface area contributed by atoms with E-state index in [1.807, 2.05) is 20.8 Å². The molecule has 1 N–H and O–H groups in total. The molecule has 0 saturated carbocycles. The van der Waals surface area contributed by atoms with Crippen LogP contribution < -0.4 is 0 Å². The number of carboxylic acid groups (broad SMARTS) is 1. The lowest BCUT2D eigenvalue weighted by Gasteiger charge is -2.43. The molecule has 3 heterocycles. The van der Waals surface area contributed by atoms with Crippen LogP contribution in [0.25, 0.3) is 0 Å². The van der Waals surface area contributed by atoms with Crippen molar-refractivity contribution in [3.8, 4) is 0 Å². The van der Waals surface area contributed by atoms with Crippen LogP contribution in [0.3, 0.4) is 0 Å². The number of amides is 1. The summed E-state index contributed by atoms with van der Waals surface area (Å²) in [5.41, 5.74) is 1.65. The van der Waals surface area contributed by atoms with E-state index in [9.17, 15) is 19.5 Å². The summed E-state index contributed by atoms with van der Waals surface area (Å²) in [6.07, 6.45) is 0.601. The molecule has 1 atom stereocenters. The molecule has 1 aromatic rings. The number of carbonyl (C=O) groups excluding carboxylic acids is 2. The first-order chi connectivity index (χ1) is 13.3. The second kappa shape index (κ2) is 8.87. The van der Waals surface area contributed by atoms with Crippen LogP contribution in [0, 0.1) is 12.8 Å². The van der Waals surface area contributed by atoms with Crippen LogP contribution in [0.15, 0.2) is 15.6 Å². The fourth-order valence-corrected chi connectivity index (χ4v) is 6.43. The van der Waals surface area contributed by atoms with E-state index in [1.54, 1.807) is 11.8 Å². The van der Waals surface area contributed by atoms with Crippen molar-refractivity contribution in [1.82, 2.24) is 9.88 Å². The lowest BCUT2D eigenvalue weighted by atomic mass is 10.1. The number of hydrogen-bond donors (Lipinski definition) is 1. The molecule has 10 heteroatoms. The number of aromatic nitrogens is 1. The molecule has 0 bridgehead atoms. The van der Waals surface area contributed by atoms with Crippen molar-refractivity contribution in [1.29, 1.82) is 0 Å². The number of thiazole rings is 1. The van der Waals surface area contributed by atoms with Gasteiger partial charge in [0.15, 0.2) is 4.34 Å². The van der Waals surface area contributed by atoms with Crippen molar-refractivity contribution in [3.05, 3.63) is 21.8 Å². The maximum atomic E-state index is 11.9. The summed E-state index contributed by atoms with van der Waals surface area (Å²) >= 11 is 4.47. The molecule has 2 aliphatic rings. The van der Waals surface area contributed by atoms with Crippen molar-refractivity contribution in [2.45, 2.75) is 43.3 Å². The second-order valence-corrected chi connectivity index (χ2v) is 10.5. The number of ether oxygens (including phenoxy) is 1. The summed E-state index contributed by atoms with van der Waals surface area (Å²) in [6.45, 7) is 6.23. The smallest absolute Gasteiger partial charge is 0.352 e. The van der Waals surface area contributed by atoms with E-state index in [0.29, 0.717) is 30.5 Å². The quantitative estimate of drug-likeness (QED) is 0.373. The molecule has 28 heavy (non-hydrogen) atoms. The molecule has 7 nitrogen and oxygen atoms in total. The van der Waals surface area contributed by atoms with E-state index in [-0.39, 0.29) is 29.4 Å². The van der Waals surface area contributed by atoms with E-state index >= 15 is 0 Å². The van der Waals surface area contributed by atoms with Crippen molar-refractivity contribution >= 4 is 52.7 Å². The van der Waals surface area contributed by atoms with Gasteiger partial charge in [-0.05, 0) is 18.4 Å². The van der Waals surface area contributed by atoms with Crippen molar-refractivity contribution in [3.63, 3.8) is 0 Å². The predicted molar refractivity (Wildman–Crippen MR) is 109 cm³/mol. The number of rotatable bonds is 8. The number of β-lactam (4-membered cyclic amide) rings is 1. The summed E-state index contributed by atoms with van der Waals surface area (Å²) in [5, 5.41) is 9.50. The Balaban J connectivity index is 1.64. The predicted octanol–water partition coefficient (Wildman–Crippen LogP) is 2.93. The second-order valence-electron chi connectivity index (χ2n) is 7.02. The van der Waals surface area contributed by atoms with Crippen LogP contribution >= 0.6 is 34.9 Å². The largest absolute Gasteiger partial charge is 0.477 e. The van der Waals surface area contributed by atoms with E-state index < -0.39 is 5.97 Å².